The second-order valence-corrected chi connectivity index (χ2v) is 6.28. The highest BCUT2D eigenvalue weighted by molar-refractivity contribution is 7.89. The Kier molecular flexibility index (Phi) is 4.36. The first kappa shape index (κ1) is 15.3. The van der Waals surface area contributed by atoms with E-state index in [0.717, 1.165) is 37.1 Å². The van der Waals surface area contributed by atoms with Crippen molar-refractivity contribution in [1.29, 1.82) is 0 Å². The fourth-order valence-electron chi connectivity index (χ4n) is 1.91. The summed E-state index contributed by atoms with van der Waals surface area (Å²) >= 11 is 0. The van der Waals surface area contributed by atoms with Crippen molar-refractivity contribution in [3.63, 3.8) is 0 Å². The number of halogens is 3. The summed E-state index contributed by atoms with van der Waals surface area (Å²) in [5.74, 6) is 0. The van der Waals surface area contributed by atoms with Crippen molar-refractivity contribution in [2.24, 2.45) is 0 Å². The molecular weight excluding hydrogens is 295 g/mol. The van der Waals surface area contributed by atoms with Crippen molar-refractivity contribution < 1.29 is 26.3 Å². The van der Waals surface area contributed by atoms with Gasteiger partial charge < -0.3 is 4.74 Å². The number of rotatable bonds is 4. The maximum absolute atomic E-state index is 12.4. The molecule has 2 rings (SSSR count). The summed E-state index contributed by atoms with van der Waals surface area (Å²) in [6.07, 6.45) is -2.99. The number of benzene rings is 1. The van der Waals surface area contributed by atoms with Gasteiger partial charge in [-0.05, 0) is 37.1 Å². The van der Waals surface area contributed by atoms with Crippen LogP contribution in [0.1, 0.15) is 18.4 Å². The second kappa shape index (κ2) is 5.71. The van der Waals surface area contributed by atoms with Gasteiger partial charge in [-0.15, -0.1) is 0 Å². The Balaban J connectivity index is 2.05. The van der Waals surface area contributed by atoms with Crippen LogP contribution in [0.5, 0.6) is 0 Å². The molecule has 0 bridgehead atoms. The Bertz CT molecular complexity index is 548. The van der Waals surface area contributed by atoms with Crippen LogP contribution >= 0.6 is 0 Å². The summed E-state index contributed by atoms with van der Waals surface area (Å²) in [5, 5.41) is 0. The largest absolute Gasteiger partial charge is 0.416 e. The predicted octanol–water partition coefficient (Wildman–Crippen LogP) is 2.16. The summed E-state index contributed by atoms with van der Waals surface area (Å²) in [5.41, 5.74) is -0.879. The van der Waals surface area contributed by atoms with Crippen molar-refractivity contribution >= 4 is 10.0 Å². The predicted molar refractivity (Wildman–Crippen MR) is 65.6 cm³/mol. The quantitative estimate of drug-likeness (QED) is 0.927. The van der Waals surface area contributed by atoms with Crippen LogP contribution in [0.4, 0.5) is 13.2 Å². The molecule has 0 spiro atoms. The first-order chi connectivity index (χ1) is 9.29. The SMILES string of the molecule is O=S(=O)(NCC1CCCO1)c1ccc(C(F)(F)F)cc1. The molecule has 1 saturated heterocycles. The number of alkyl halides is 3. The van der Waals surface area contributed by atoms with Gasteiger partial charge in [0.1, 0.15) is 0 Å². The molecule has 0 amide bonds. The van der Waals surface area contributed by atoms with Gasteiger partial charge in [-0.2, -0.15) is 13.2 Å². The molecule has 1 aliphatic rings. The van der Waals surface area contributed by atoms with Crippen LogP contribution in [0.2, 0.25) is 0 Å². The Morgan fingerprint density at radius 1 is 1.25 bits per heavy atom. The molecule has 0 aromatic heterocycles. The van der Waals surface area contributed by atoms with Crippen molar-refractivity contribution in [3.8, 4) is 0 Å². The van der Waals surface area contributed by atoms with E-state index in [1.165, 1.54) is 0 Å². The molecule has 0 radical (unpaired) electrons. The fourth-order valence-corrected chi connectivity index (χ4v) is 2.98. The highest BCUT2D eigenvalue weighted by atomic mass is 32.2. The first-order valence-electron chi connectivity index (χ1n) is 6.07. The molecule has 0 saturated carbocycles. The zero-order valence-corrected chi connectivity index (χ0v) is 11.3. The van der Waals surface area contributed by atoms with E-state index in [1.54, 1.807) is 0 Å². The summed E-state index contributed by atoms with van der Waals surface area (Å²) in [6.45, 7) is 0.732. The van der Waals surface area contributed by atoms with Crippen LogP contribution in [-0.2, 0) is 20.9 Å². The van der Waals surface area contributed by atoms with E-state index in [0.29, 0.717) is 6.61 Å². The molecule has 1 heterocycles. The van der Waals surface area contributed by atoms with Gasteiger partial charge in [0.2, 0.25) is 10.0 Å². The highest BCUT2D eigenvalue weighted by Gasteiger charge is 2.30. The zero-order chi connectivity index (χ0) is 14.8. The average Bonchev–Trinajstić information content (AvgIpc) is 2.89. The van der Waals surface area contributed by atoms with E-state index in [1.807, 2.05) is 0 Å². The molecule has 8 heteroatoms. The van der Waals surface area contributed by atoms with E-state index >= 15 is 0 Å². The molecule has 1 N–H and O–H groups in total. The van der Waals surface area contributed by atoms with Crippen LogP contribution in [0.15, 0.2) is 29.2 Å². The molecule has 4 nitrogen and oxygen atoms in total. The minimum absolute atomic E-state index is 0.128. The van der Waals surface area contributed by atoms with Crippen molar-refractivity contribution in [3.05, 3.63) is 29.8 Å². The van der Waals surface area contributed by atoms with E-state index in [2.05, 4.69) is 4.72 Å². The van der Waals surface area contributed by atoms with E-state index in [4.69, 9.17) is 4.74 Å². The van der Waals surface area contributed by atoms with Crippen LogP contribution in [0.3, 0.4) is 0 Å². The lowest BCUT2D eigenvalue weighted by molar-refractivity contribution is -0.137. The van der Waals surface area contributed by atoms with Crippen molar-refractivity contribution in [1.82, 2.24) is 4.72 Å². The fraction of sp³-hybridized carbons (Fsp3) is 0.500. The monoisotopic (exact) mass is 309 g/mol. The lowest BCUT2D eigenvalue weighted by Gasteiger charge is -2.12. The normalized spacial score (nSPS) is 20.2. The van der Waals surface area contributed by atoms with Gasteiger partial charge in [0.05, 0.1) is 16.6 Å². The third-order valence-electron chi connectivity index (χ3n) is 3.02. The Labute approximate surface area is 115 Å². The van der Waals surface area contributed by atoms with Crippen molar-refractivity contribution in [2.75, 3.05) is 13.2 Å². The topological polar surface area (TPSA) is 55.4 Å². The molecule has 1 unspecified atom stereocenters. The van der Waals surface area contributed by atoms with Gasteiger partial charge in [-0.25, -0.2) is 13.1 Å². The minimum Gasteiger partial charge on any atom is -0.377 e. The summed E-state index contributed by atoms with van der Waals surface area (Å²) in [6, 6.07) is 3.39. The summed E-state index contributed by atoms with van der Waals surface area (Å²) in [7, 11) is -3.81. The number of hydrogen-bond acceptors (Lipinski definition) is 3. The van der Waals surface area contributed by atoms with Gasteiger partial charge >= 0.3 is 6.18 Å². The second-order valence-electron chi connectivity index (χ2n) is 4.51. The molecule has 1 aromatic carbocycles. The third kappa shape index (κ3) is 3.71. The van der Waals surface area contributed by atoms with Crippen molar-refractivity contribution in [2.45, 2.75) is 30.0 Å². The highest BCUT2D eigenvalue weighted by Crippen LogP contribution is 2.29. The Morgan fingerprint density at radius 2 is 1.90 bits per heavy atom. The average molecular weight is 309 g/mol. The van der Waals surface area contributed by atoms with Gasteiger partial charge in [0.25, 0.3) is 0 Å². The molecule has 0 aliphatic carbocycles. The van der Waals surface area contributed by atoms with E-state index in [9.17, 15) is 21.6 Å². The first-order valence-corrected chi connectivity index (χ1v) is 7.56. The third-order valence-corrected chi connectivity index (χ3v) is 4.46. The number of hydrogen-bond donors (Lipinski definition) is 1. The lowest BCUT2D eigenvalue weighted by Crippen LogP contribution is -2.31. The van der Waals surface area contributed by atoms with E-state index in [-0.39, 0.29) is 17.5 Å². The lowest BCUT2D eigenvalue weighted by atomic mass is 10.2. The van der Waals surface area contributed by atoms with Gasteiger partial charge in [0, 0.05) is 13.2 Å². The molecule has 1 fully saturated rings. The van der Waals surface area contributed by atoms with Gasteiger partial charge in [-0.3, -0.25) is 0 Å². The summed E-state index contributed by atoms with van der Waals surface area (Å²) in [4.78, 5) is -0.191. The Hall–Kier alpha value is -1.12. The maximum atomic E-state index is 12.4. The molecule has 1 aliphatic heterocycles. The molecule has 20 heavy (non-hydrogen) atoms. The molecular formula is C12H14F3NO3S. The number of sulfonamides is 1. The Morgan fingerprint density at radius 3 is 2.40 bits per heavy atom. The van der Waals surface area contributed by atoms with E-state index < -0.39 is 21.8 Å². The molecule has 1 aromatic rings. The van der Waals surface area contributed by atoms with Crippen LogP contribution in [-0.4, -0.2) is 27.7 Å². The minimum atomic E-state index is -4.48. The van der Waals surface area contributed by atoms with Crippen LogP contribution < -0.4 is 4.72 Å². The van der Waals surface area contributed by atoms with Gasteiger partial charge in [-0.1, -0.05) is 0 Å². The van der Waals surface area contributed by atoms with Gasteiger partial charge in [0.15, 0.2) is 0 Å². The number of ether oxygens (including phenoxy) is 1. The standard InChI is InChI=1S/C12H14F3NO3S/c13-12(14,15)9-3-5-11(6-4-9)20(17,18)16-8-10-2-1-7-19-10/h3-6,10,16H,1-2,7-8H2. The zero-order valence-electron chi connectivity index (χ0n) is 10.5. The molecule has 112 valence electrons. The van der Waals surface area contributed by atoms with Crippen LogP contribution in [0, 0.1) is 0 Å². The summed E-state index contributed by atoms with van der Waals surface area (Å²) < 4.78 is 68.6. The smallest absolute Gasteiger partial charge is 0.377 e. The number of nitrogens with one attached hydrogen (secondary N) is 1. The maximum Gasteiger partial charge on any atom is 0.416 e. The molecule has 1 atom stereocenters. The van der Waals surface area contributed by atoms with Crippen LogP contribution in [0.25, 0.3) is 0 Å².